The Labute approximate surface area is 159 Å². The summed E-state index contributed by atoms with van der Waals surface area (Å²) in [5.41, 5.74) is 2.49. The van der Waals surface area contributed by atoms with Crippen molar-refractivity contribution in [2.45, 2.75) is 6.54 Å². The number of carbonyl (C=O) groups excluding carboxylic acids is 2. The van der Waals surface area contributed by atoms with Gasteiger partial charge in [0.2, 0.25) is 0 Å². The van der Waals surface area contributed by atoms with Crippen molar-refractivity contribution >= 4 is 17.5 Å². The maximum Gasteiger partial charge on any atom is 0.277 e. The van der Waals surface area contributed by atoms with Gasteiger partial charge in [0, 0.05) is 29.9 Å². The first kappa shape index (κ1) is 19.1. The molecule has 6 heteroatoms. The number of benzene rings is 2. The van der Waals surface area contributed by atoms with Crippen LogP contribution in [0.15, 0.2) is 54.6 Å². The molecule has 0 aromatic heterocycles. The van der Waals surface area contributed by atoms with E-state index in [2.05, 4.69) is 5.32 Å². The zero-order valence-electron chi connectivity index (χ0n) is 15.6. The van der Waals surface area contributed by atoms with Crippen LogP contribution < -0.4 is 10.2 Å². The molecular weight excluding hydrogens is 342 g/mol. The number of para-hydroxylation sites is 1. The largest absolute Gasteiger partial charge is 0.378 e. The summed E-state index contributed by atoms with van der Waals surface area (Å²) in [7, 11) is 2.01. The fourth-order valence-electron chi connectivity index (χ4n) is 3.09. The molecule has 1 atom stereocenters. The van der Waals surface area contributed by atoms with Crippen LogP contribution in [-0.4, -0.2) is 56.6 Å². The average Bonchev–Trinajstić information content (AvgIpc) is 2.70. The summed E-state index contributed by atoms with van der Waals surface area (Å²) < 4.78 is 5.29. The van der Waals surface area contributed by atoms with Gasteiger partial charge in [-0.25, -0.2) is 0 Å². The van der Waals surface area contributed by atoms with Gasteiger partial charge in [0.25, 0.3) is 11.8 Å². The number of nitrogens with one attached hydrogen (secondary N) is 2. The predicted molar refractivity (Wildman–Crippen MR) is 104 cm³/mol. The molecule has 27 heavy (non-hydrogen) atoms. The molecule has 0 aliphatic carbocycles. The highest BCUT2D eigenvalue weighted by molar-refractivity contribution is 6.04. The van der Waals surface area contributed by atoms with E-state index in [0.717, 1.165) is 22.7 Å². The van der Waals surface area contributed by atoms with Crippen LogP contribution >= 0.6 is 0 Å². The highest BCUT2D eigenvalue weighted by Gasteiger charge is 2.20. The predicted octanol–water partition coefficient (Wildman–Crippen LogP) is 0.812. The Hall–Kier alpha value is -2.70. The lowest BCUT2D eigenvalue weighted by Gasteiger charge is -2.27. The zero-order valence-corrected chi connectivity index (χ0v) is 15.6. The average molecular weight is 368 g/mol. The topological polar surface area (TPSA) is 63.1 Å². The summed E-state index contributed by atoms with van der Waals surface area (Å²) in [5.74, 6) is 0.0330. The zero-order chi connectivity index (χ0) is 19.1. The quantitative estimate of drug-likeness (QED) is 0.793. The van der Waals surface area contributed by atoms with Crippen LogP contribution in [0.25, 0.3) is 0 Å². The first-order valence-electron chi connectivity index (χ1n) is 9.24. The summed E-state index contributed by atoms with van der Waals surface area (Å²) in [5, 5.41) is 2.88. The van der Waals surface area contributed by atoms with E-state index >= 15 is 0 Å². The van der Waals surface area contributed by atoms with Crippen molar-refractivity contribution in [3.8, 4) is 0 Å². The van der Waals surface area contributed by atoms with Crippen LogP contribution in [0, 0.1) is 0 Å². The van der Waals surface area contributed by atoms with Crippen LogP contribution in [0.4, 0.5) is 5.69 Å². The van der Waals surface area contributed by atoms with Crippen LogP contribution in [0.3, 0.4) is 0 Å². The SMILES string of the molecule is C[NH+](CC(=O)N1CCOCC1)Cc1ccc(C(=O)Nc2ccccc2)cc1. The van der Waals surface area contributed by atoms with E-state index in [9.17, 15) is 9.59 Å². The maximum absolute atomic E-state index is 12.3. The highest BCUT2D eigenvalue weighted by Crippen LogP contribution is 2.09. The van der Waals surface area contributed by atoms with Gasteiger partial charge in [0.1, 0.15) is 6.54 Å². The molecule has 0 radical (unpaired) electrons. The molecule has 0 bridgehead atoms. The molecule has 1 fully saturated rings. The van der Waals surface area contributed by atoms with Crippen molar-refractivity contribution < 1.29 is 19.2 Å². The number of amides is 2. The number of likely N-dealkylation sites (N-methyl/N-ethyl adjacent to an activating group) is 1. The monoisotopic (exact) mass is 368 g/mol. The van der Waals surface area contributed by atoms with E-state index in [0.29, 0.717) is 38.4 Å². The third-order valence-corrected chi connectivity index (χ3v) is 4.57. The molecule has 2 aromatic carbocycles. The normalized spacial score (nSPS) is 15.2. The Bertz CT molecular complexity index is 756. The van der Waals surface area contributed by atoms with Gasteiger partial charge in [-0.3, -0.25) is 9.59 Å². The number of quaternary nitrogens is 1. The minimum Gasteiger partial charge on any atom is -0.378 e. The Kier molecular flexibility index (Phi) is 6.57. The lowest BCUT2D eigenvalue weighted by Crippen LogP contribution is -3.08. The maximum atomic E-state index is 12.3. The second-order valence-electron chi connectivity index (χ2n) is 6.82. The first-order chi connectivity index (χ1) is 13.1. The third kappa shape index (κ3) is 5.64. The van der Waals surface area contributed by atoms with Gasteiger partial charge in [-0.1, -0.05) is 30.3 Å². The van der Waals surface area contributed by atoms with Gasteiger partial charge >= 0.3 is 0 Å². The summed E-state index contributed by atoms with van der Waals surface area (Å²) in [6, 6.07) is 16.9. The van der Waals surface area contributed by atoms with E-state index in [1.165, 1.54) is 0 Å². The van der Waals surface area contributed by atoms with E-state index in [1.807, 2.05) is 66.5 Å². The molecule has 2 N–H and O–H groups in total. The fourth-order valence-corrected chi connectivity index (χ4v) is 3.09. The smallest absolute Gasteiger partial charge is 0.277 e. The highest BCUT2D eigenvalue weighted by atomic mass is 16.5. The number of morpholine rings is 1. The molecule has 0 spiro atoms. The molecule has 2 aromatic rings. The van der Waals surface area contributed by atoms with Gasteiger partial charge in [-0.15, -0.1) is 0 Å². The number of carbonyl (C=O) groups is 2. The van der Waals surface area contributed by atoms with Crippen molar-refractivity contribution in [3.05, 3.63) is 65.7 Å². The number of hydrogen-bond donors (Lipinski definition) is 2. The number of hydrogen-bond acceptors (Lipinski definition) is 3. The number of rotatable bonds is 6. The van der Waals surface area contributed by atoms with E-state index < -0.39 is 0 Å². The molecule has 3 rings (SSSR count). The Balaban J connectivity index is 1.50. The summed E-state index contributed by atoms with van der Waals surface area (Å²) in [6.45, 7) is 3.79. The van der Waals surface area contributed by atoms with Crippen molar-refractivity contribution in [2.75, 3.05) is 45.2 Å². The number of ether oxygens (including phenoxy) is 1. The summed E-state index contributed by atoms with van der Waals surface area (Å²) in [6.07, 6.45) is 0. The molecule has 2 amide bonds. The van der Waals surface area contributed by atoms with Gasteiger partial charge in [0.15, 0.2) is 6.54 Å². The standard InChI is InChI=1S/C21H25N3O3/c1-23(16-20(25)24-11-13-27-14-12-24)15-17-7-9-18(10-8-17)21(26)22-19-5-3-2-4-6-19/h2-10H,11-16H2,1H3,(H,22,26)/p+1. The molecule has 6 nitrogen and oxygen atoms in total. The van der Waals surface area contributed by atoms with E-state index in [1.54, 1.807) is 0 Å². The van der Waals surface area contributed by atoms with Gasteiger partial charge in [-0.2, -0.15) is 0 Å². The summed E-state index contributed by atoms with van der Waals surface area (Å²) in [4.78, 5) is 27.6. The molecule has 1 heterocycles. The van der Waals surface area contributed by atoms with Crippen LogP contribution in [0.2, 0.25) is 0 Å². The van der Waals surface area contributed by atoms with Crippen molar-refractivity contribution in [1.82, 2.24) is 4.90 Å². The fraction of sp³-hybridized carbons (Fsp3) is 0.333. The molecular formula is C21H26N3O3+. The molecule has 1 aliphatic rings. The van der Waals surface area contributed by atoms with E-state index in [4.69, 9.17) is 4.74 Å². The van der Waals surface area contributed by atoms with Crippen LogP contribution in [0.5, 0.6) is 0 Å². The van der Waals surface area contributed by atoms with Crippen molar-refractivity contribution in [3.63, 3.8) is 0 Å². The van der Waals surface area contributed by atoms with Crippen LogP contribution in [0.1, 0.15) is 15.9 Å². The Morgan fingerprint density at radius 2 is 1.70 bits per heavy atom. The van der Waals surface area contributed by atoms with Crippen LogP contribution in [-0.2, 0) is 16.1 Å². The second kappa shape index (κ2) is 9.30. The summed E-state index contributed by atoms with van der Waals surface area (Å²) >= 11 is 0. The lowest BCUT2D eigenvalue weighted by atomic mass is 10.1. The molecule has 1 unspecified atom stereocenters. The van der Waals surface area contributed by atoms with Gasteiger partial charge in [0.05, 0.1) is 20.3 Å². The minimum atomic E-state index is -0.129. The Morgan fingerprint density at radius 1 is 1.04 bits per heavy atom. The van der Waals surface area contributed by atoms with Crippen molar-refractivity contribution in [1.29, 1.82) is 0 Å². The number of anilines is 1. The molecule has 1 saturated heterocycles. The van der Waals surface area contributed by atoms with E-state index in [-0.39, 0.29) is 11.8 Å². The minimum absolute atomic E-state index is 0.129. The Morgan fingerprint density at radius 3 is 2.37 bits per heavy atom. The molecule has 142 valence electrons. The lowest BCUT2D eigenvalue weighted by molar-refractivity contribution is -0.885. The first-order valence-corrected chi connectivity index (χ1v) is 9.24. The molecule has 0 saturated carbocycles. The van der Waals surface area contributed by atoms with Gasteiger partial charge < -0.3 is 19.9 Å². The van der Waals surface area contributed by atoms with Gasteiger partial charge in [-0.05, 0) is 24.3 Å². The van der Waals surface area contributed by atoms with Crippen molar-refractivity contribution in [2.24, 2.45) is 0 Å². The third-order valence-electron chi connectivity index (χ3n) is 4.57. The number of nitrogens with zero attached hydrogens (tertiary/aromatic N) is 1. The molecule has 1 aliphatic heterocycles. The second-order valence-corrected chi connectivity index (χ2v) is 6.82.